The van der Waals surface area contributed by atoms with Crippen LogP contribution in [0.3, 0.4) is 0 Å². The number of ether oxygens (including phenoxy) is 1. The minimum Gasteiger partial charge on any atom is -0.497 e. The third-order valence-corrected chi connectivity index (χ3v) is 2.61. The van der Waals surface area contributed by atoms with Crippen molar-refractivity contribution in [3.8, 4) is 5.75 Å². The maximum absolute atomic E-state index is 11.8. The molecule has 1 aromatic rings. The number of primary amides is 1. The highest BCUT2D eigenvalue weighted by Gasteiger charge is 2.41. The van der Waals surface area contributed by atoms with E-state index in [2.05, 4.69) is 5.32 Å². The maximum atomic E-state index is 11.8. The number of methoxy groups -OCH3 is 1. The number of hydrogen-bond donors (Lipinski definition) is 2. The number of benzene rings is 1. The van der Waals surface area contributed by atoms with E-state index in [1.54, 1.807) is 24.3 Å². The standard InChI is InChI=1S/C11H11N3O4/c1-18-7-4-2-6(3-5-7)8-9(15)14(10(12)16)11(17)13-8/h2-5,8H,1H3,(H2,12,16)(H,13,17)/t8-/m0/s1. The van der Waals surface area contributed by atoms with Gasteiger partial charge in [0.15, 0.2) is 0 Å². The number of imide groups is 3. The summed E-state index contributed by atoms with van der Waals surface area (Å²) in [6.45, 7) is 0. The number of nitrogens with two attached hydrogens (primary N) is 1. The summed E-state index contributed by atoms with van der Waals surface area (Å²) in [4.78, 5) is 34.6. The van der Waals surface area contributed by atoms with E-state index in [9.17, 15) is 14.4 Å². The molecule has 1 saturated heterocycles. The molecule has 1 fully saturated rings. The van der Waals surface area contributed by atoms with E-state index >= 15 is 0 Å². The Bertz CT molecular complexity index is 512. The molecule has 0 aliphatic carbocycles. The predicted octanol–water partition coefficient (Wildman–Crippen LogP) is 0.367. The van der Waals surface area contributed by atoms with Gasteiger partial charge in [-0.2, -0.15) is 4.90 Å². The molecule has 1 aliphatic heterocycles. The van der Waals surface area contributed by atoms with Gasteiger partial charge in [-0.3, -0.25) is 4.79 Å². The molecule has 0 spiro atoms. The highest BCUT2D eigenvalue weighted by Crippen LogP contribution is 2.23. The van der Waals surface area contributed by atoms with Crippen LogP contribution in [-0.4, -0.2) is 30.0 Å². The molecule has 0 bridgehead atoms. The van der Waals surface area contributed by atoms with Crippen LogP contribution in [0.5, 0.6) is 5.75 Å². The molecule has 0 unspecified atom stereocenters. The highest BCUT2D eigenvalue weighted by molar-refractivity contribution is 6.15. The molecule has 5 amide bonds. The zero-order valence-corrected chi connectivity index (χ0v) is 9.54. The van der Waals surface area contributed by atoms with E-state index in [4.69, 9.17) is 10.5 Å². The van der Waals surface area contributed by atoms with Crippen molar-refractivity contribution in [3.05, 3.63) is 29.8 Å². The van der Waals surface area contributed by atoms with Gasteiger partial charge in [-0.25, -0.2) is 9.59 Å². The van der Waals surface area contributed by atoms with E-state index in [-0.39, 0.29) is 0 Å². The van der Waals surface area contributed by atoms with E-state index in [0.29, 0.717) is 16.2 Å². The molecule has 0 aromatic heterocycles. The number of carbonyl (C=O) groups is 3. The fourth-order valence-electron chi connectivity index (χ4n) is 1.71. The molecule has 18 heavy (non-hydrogen) atoms. The lowest BCUT2D eigenvalue weighted by molar-refractivity contribution is -0.125. The second kappa shape index (κ2) is 4.36. The summed E-state index contributed by atoms with van der Waals surface area (Å²) in [6, 6.07) is 3.78. The minimum atomic E-state index is -1.09. The van der Waals surface area contributed by atoms with E-state index in [0.717, 1.165) is 0 Å². The first-order valence-electron chi connectivity index (χ1n) is 5.12. The van der Waals surface area contributed by atoms with Gasteiger partial charge in [0.2, 0.25) is 0 Å². The van der Waals surface area contributed by atoms with Gasteiger partial charge >= 0.3 is 12.1 Å². The Labute approximate surface area is 102 Å². The third-order valence-electron chi connectivity index (χ3n) is 2.61. The molecule has 0 saturated carbocycles. The van der Waals surface area contributed by atoms with Crippen LogP contribution in [0.15, 0.2) is 24.3 Å². The van der Waals surface area contributed by atoms with Gasteiger partial charge in [0.1, 0.15) is 11.8 Å². The quantitative estimate of drug-likeness (QED) is 0.739. The van der Waals surface area contributed by atoms with Crippen molar-refractivity contribution in [2.75, 3.05) is 7.11 Å². The second-order valence-electron chi connectivity index (χ2n) is 3.67. The van der Waals surface area contributed by atoms with Gasteiger partial charge in [0.05, 0.1) is 7.11 Å². The van der Waals surface area contributed by atoms with Crippen LogP contribution in [0.2, 0.25) is 0 Å². The van der Waals surface area contributed by atoms with Crippen LogP contribution in [-0.2, 0) is 4.79 Å². The summed E-state index contributed by atoms with van der Waals surface area (Å²) < 4.78 is 4.98. The van der Waals surface area contributed by atoms with Crippen LogP contribution in [0.1, 0.15) is 11.6 Å². The molecule has 1 atom stereocenters. The van der Waals surface area contributed by atoms with E-state index in [1.807, 2.05) is 0 Å². The summed E-state index contributed by atoms with van der Waals surface area (Å²) in [5.74, 6) is -0.0556. The number of nitrogens with zero attached hydrogens (tertiary/aromatic N) is 1. The SMILES string of the molecule is COc1ccc([C@@H]2NC(=O)N(C(N)=O)C2=O)cc1. The first-order chi connectivity index (χ1) is 8.54. The summed E-state index contributed by atoms with van der Waals surface area (Å²) >= 11 is 0. The Kier molecular flexibility index (Phi) is 2.88. The topological polar surface area (TPSA) is 102 Å². The monoisotopic (exact) mass is 249 g/mol. The zero-order chi connectivity index (χ0) is 13.3. The normalized spacial score (nSPS) is 18.7. The first kappa shape index (κ1) is 11.9. The van der Waals surface area contributed by atoms with Gasteiger partial charge in [0.25, 0.3) is 5.91 Å². The number of rotatable bonds is 2. The largest absolute Gasteiger partial charge is 0.497 e. The van der Waals surface area contributed by atoms with Crippen LogP contribution < -0.4 is 15.8 Å². The molecule has 1 heterocycles. The first-order valence-corrected chi connectivity index (χ1v) is 5.12. The van der Waals surface area contributed by atoms with Gasteiger partial charge in [-0.05, 0) is 17.7 Å². The second-order valence-corrected chi connectivity index (χ2v) is 3.67. The highest BCUT2D eigenvalue weighted by atomic mass is 16.5. The van der Waals surface area contributed by atoms with Crippen LogP contribution >= 0.6 is 0 Å². The summed E-state index contributed by atoms with van der Waals surface area (Å²) in [6.07, 6.45) is 0. The number of hydrogen-bond acceptors (Lipinski definition) is 4. The van der Waals surface area contributed by atoms with Crippen molar-refractivity contribution < 1.29 is 19.1 Å². The molecule has 1 aliphatic rings. The molecule has 7 nitrogen and oxygen atoms in total. The van der Waals surface area contributed by atoms with E-state index in [1.165, 1.54) is 7.11 Å². The van der Waals surface area contributed by atoms with Gasteiger partial charge < -0.3 is 15.8 Å². The lowest BCUT2D eigenvalue weighted by atomic mass is 10.1. The molecular weight excluding hydrogens is 238 g/mol. The number of urea groups is 2. The van der Waals surface area contributed by atoms with Crippen LogP contribution in [0, 0.1) is 0 Å². The lowest BCUT2D eigenvalue weighted by Gasteiger charge is -2.09. The Morgan fingerprint density at radius 3 is 2.39 bits per heavy atom. The lowest BCUT2D eigenvalue weighted by Crippen LogP contribution is -2.40. The average Bonchev–Trinajstić information content (AvgIpc) is 2.65. The zero-order valence-electron chi connectivity index (χ0n) is 9.54. The number of carbonyl (C=O) groups excluding carboxylic acids is 3. The van der Waals surface area contributed by atoms with Gasteiger partial charge in [-0.1, -0.05) is 12.1 Å². The average molecular weight is 249 g/mol. The molecule has 7 heteroatoms. The molecule has 0 radical (unpaired) electrons. The van der Waals surface area contributed by atoms with Gasteiger partial charge in [0, 0.05) is 0 Å². The fraction of sp³-hybridized carbons (Fsp3) is 0.182. The molecule has 1 aromatic carbocycles. The maximum Gasteiger partial charge on any atom is 0.333 e. The Balaban J connectivity index is 2.27. The number of nitrogens with one attached hydrogen (secondary N) is 1. The molecule has 3 N–H and O–H groups in total. The van der Waals surface area contributed by atoms with Crippen molar-refractivity contribution in [1.29, 1.82) is 0 Å². The Morgan fingerprint density at radius 2 is 1.94 bits per heavy atom. The minimum absolute atomic E-state index is 0.384. The molecule has 94 valence electrons. The summed E-state index contributed by atoms with van der Waals surface area (Å²) in [5, 5.41) is 2.38. The Morgan fingerprint density at radius 1 is 1.33 bits per heavy atom. The van der Waals surface area contributed by atoms with Crippen molar-refractivity contribution in [2.24, 2.45) is 5.73 Å². The van der Waals surface area contributed by atoms with Crippen molar-refractivity contribution in [3.63, 3.8) is 0 Å². The third kappa shape index (κ3) is 1.86. The van der Waals surface area contributed by atoms with Crippen LogP contribution in [0.25, 0.3) is 0 Å². The van der Waals surface area contributed by atoms with E-state index < -0.39 is 24.0 Å². The smallest absolute Gasteiger partial charge is 0.333 e. The van der Waals surface area contributed by atoms with Crippen molar-refractivity contribution in [2.45, 2.75) is 6.04 Å². The fourth-order valence-corrected chi connectivity index (χ4v) is 1.71. The van der Waals surface area contributed by atoms with Crippen LogP contribution in [0.4, 0.5) is 9.59 Å². The molecule has 2 rings (SSSR count). The van der Waals surface area contributed by atoms with Crippen molar-refractivity contribution in [1.82, 2.24) is 10.2 Å². The van der Waals surface area contributed by atoms with Gasteiger partial charge in [-0.15, -0.1) is 0 Å². The number of amides is 5. The summed E-state index contributed by atoms with van der Waals surface area (Å²) in [7, 11) is 1.52. The Hall–Kier alpha value is -2.57. The predicted molar refractivity (Wildman–Crippen MR) is 60.7 cm³/mol. The molecular formula is C11H11N3O4. The summed E-state index contributed by atoms with van der Waals surface area (Å²) in [5.41, 5.74) is 5.50. The van der Waals surface area contributed by atoms with Crippen molar-refractivity contribution >= 4 is 18.0 Å².